The first-order chi connectivity index (χ1) is 12.8. The number of rotatable bonds is 5. The Morgan fingerprint density at radius 3 is 2.78 bits per heavy atom. The van der Waals surface area contributed by atoms with Crippen LogP contribution in [0, 0.1) is 11.3 Å². The molecule has 0 atom stereocenters. The zero-order valence-electron chi connectivity index (χ0n) is 14.0. The molecule has 27 heavy (non-hydrogen) atoms. The smallest absolute Gasteiger partial charge is 0.335 e. The van der Waals surface area contributed by atoms with Crippen LogP contribution >= 0.6 is 23.1 Å². The second-order valence-electron chi connectivity index (χ2n) is 5.85. The third kappa shape index (κ3) is 4.19. The topological polar surface area (TPSA) is 110 Å². The van der Waals surface area contributed by atoms with Crippen molar-refractivity contribution >= 4 is 34.0 Å². The monoisotopic (exact) mass is 416 g/mol. The fraction of sp³-hybridized carbons (Fsp3) is 0.467. The molecule has 2 aromatic rings. The first-order valence-corrected chi connectivity index (χ1v) is 9.86. The number of anilines is 1. The van der Waals surface area contributed by atoms with Crippen LogP contribution in [0.25, 0.3) is 0 Å². The van der Waals surface area contributed by atoms with Crippen LogP contribution in [0.3, 0.4) is 0 Å². The summed E-state index contributed by atoms with van der Waals surface area (Å²) in [6.07, 6.45) is -0.803. The number of nitrogens with one attached hydrogen (secondary N) is 1. The van der Waals surface area contributed by atoms with Crippen LogP contribution in [0.4, 0.5) is 18.2 Å². The number of nitrogens with two attached hydrogens (primary N) is 1. The van der Waals surface area contributed by atoms with Crippen molar-refractivity contribution in [3.8, 4) is 6.07 Å². The van der Waals surface area contributed by atoms with E-state index in [0.29, 0.717) is 15.2 Å². The van der Waals surface area contributed by atoms with Gasteiger partial charge in [-0.3, -0.25) is 4.79 Å². The van der Waals surface area contributed by atoms with Crippen molar-refractivity contribution in [3.05, 3.63) is 21.8 Å². The van der Waals surface area contributed by atoms with Crippen LogP contribution < -0.4 is 11.2 Å². The van der Waals surface area contributed by atoms with E-state index in [9.17, 15) is 23.2 Å². The van der Waals surface area contributed by atoms with Gasteiger partial charge in [0.05, 0.1) is 5.56 Å². The lowest BCUT2D eigenvalue weighted by molar-refractivity contribution is -0.146. The van der Waals surface area contributed by atoms with E-state index in [2.05, 4.69) is 21.6 Å². The van der Waals surface area contributed by atoms with E-state index >= 15 is 0 Å². The molecule has 3 rings (SSSR count). The summed E-state index contributed by atoms with van der Waals surface area (Å²) in [6.45, 7) is 0. The minimum Gasteiger partial charge on any atom is -0.335 e. The van der Waals surface area contributed by atoms with E-state index < -0.39 is 12.0 Å². The second kappa shape index (κ2) is 7.77. The summed E-state index contributed by atoms with van der Waals surface area (Å²) in [5.74, 6) is 3.90. The van der Waals surface area contributed by atoms with Gasteiger partial charge < -0.3 is 11.2 Å². The Kier molecular flexibility index (Phi) is 5.61. The number of alkyl halides is 3. The van der Waals surface area contributed by atoms with E-state index in [0.717, 1.165) is 47.9 Å². The normalized spacial score (nSPS) is 13.9. The summed E-state index contributed by atoms with van der Waals surface area (Å²) in [7, 11) is 0. The number of thioether (sulfide) groups is 1. The van der Waals surface area contributed by atoms with Gasteiger partial charge in [-0.05, 0) is 31.2 Å². The van der Waals surface area contributed by atoms with Gasteiger partial charge in [0, 0.05) is 17.1 Å². The number of amides is 1. The minimum atomic E-state index is -4.69. The van der Waals surface area contributed by atoms with Crippen molar-refractivity contribution in [2.24, 2.45) is 0 Å². The first-order valence-electron chi connectivity index (χ1n) is 8.06. The van der Waals surface area contributed by atoms with Crippen LogP contribution in [-0.4, -0.2) is 26.5 Å². The molecule has 0 unspecified atom stereocenters. The summed E-state index contributed by atoms with van der Waals surface area (Å²) in [5.41, 5.74) is 1.54. The molecule has 7 nitrogen and oxygen atoms in total. The van der Waals surface area contributed by atoms with Crippen molar-refractivity contribution in [3.63, 3.8) is 0 Å². The van der Waals surface area contributed by atoms with Crippen molar-refractivity contribution in [1.82, 2.24) is 14.9 Å². The molecule has 1 aliphatic carbocycles. The van der Waals surface area contributed by atoms with Gasteiger partial charge >= 0.3 is 6.18 Å². The number of nitrogens with zero attached hydrogens (tertiary/aromatic N) is 4. The largest absolute Gasteiger partial charge is 0.453 e. The molecular formula is C15H15F3N6OS2. The molecule has 0 spiro atoms. The Morgan fingerprint density at radius 1 is 1.37 bits per heavy atom. The zero-order chi connectivity index (χ0) is 19.6. The van der Waals surface area contributed by atoms with Gasteiger partial charge in [0.1, 0.15) is 11.1 Å². The standard InChI is InChI=1S/C15H15F3N6OS2/c16-15(17,18)13-22-23-14(24(13)20)26-6-5-11(25)21-12-9(7-19)8-3-1-2-4-10(8)27-12/h1-6,20H2,(H,21,25). The van der Waals surface area contributed by atoms with Gasteiger partial charge in [0.25, 0.3) is 5.82 Å². The van der Waals surface area contributed by atoms with Gasteiger partial charge in [-0.2, -0.15) is 18.4 Å². The van der Waals surface area contributed by atoms with Gasteiger partial charge in [0.15, 0.2) is 0 Å². The lowest BCUT2D eigenvalue weighted by atomic mass is 9.96. The third-order valence-corrected chi connectivity index (χ3v) is 6.17. The lowest BCUT2D eigenvalue weighted by Crippen LogP contribution is -2.21. The van der Waals surface area contributed by atoms with E-state index in [4.69, 9.17) is 5.84 Å². The number of fused-ring (bicyclic) bond motifs is 1. The Balaban J connectivity index is 1.58. The number of aromatic nitrogens is 3. The van der Waals surface area contributed by atoms with Crippen LogP contribution in [0.15, 0.2) is 5.16 Å². The zero-order valence-corrected chi connectivity index (χ0v) is 15.6. The second-order valence-corrected chi connectivity index (χ2v) is 8.01. The van der Waals surface area contributed by atoms with Gasteiger partial charge in [-0.15, -0.1) is 21.5 Å². The Morgan fingerprint density at radius 2 is 2.11 bits per heavy atom. The molecule has 0 saturated heterocycles. The van der Waals surface area contributed by atoms with Crippen LogP contribution in [0.2, 0.25) is 0 Å². The van der Waals surface area contributed by atoms with E-state index in [-0.39, 0.29) is 23.2 Å². The van der Waals surface area contributed by atoms with Crippen molar-refractivity contribution < 1.29 is 18.0 Å². The van der Waals surface area contributed by atoms with E-state index in [1.807, 2.05) is 0 Å². The fourth-order valence-electron chi connectivity index (χ4n) is 2.77. The summed E-state index contributed by atoms with van der Waals surface area (Å²) in [6, 6.07) is 2.16. The van der Waals surface area contributed by atoms with Crippen molar-refractivity contribution in [1.29, 1.82) is 5.26 Å². The van der Waals surface area contributed by atoms with E-state index in [1.54, 1.807) is 0 Å². The number of nitrogen functional groups attached to an aromatic ring is 1. The number of hydrogen-bond donors (Lipinski definition) is 2. The molecule has 3 N–H and O–H groups in total. The van der Waals surface area contributed by atoms with Gasteiger partial charge in [-0.1, -0.05) is 11.8 Å². The molecular weight excluding hydrogens is 401 g/mol. The average molecular weight is 416 g/mol. The summed E-state index contributed by atoms with van der Waals surface area (Å²) >= 11 is 2.32. The maximum atomic E-state index is 12.6. The highest BCUT2D eigenvalue weighted by molar-refractivity contribution is 7.99. The predicted octanol–water partition coefficient (Wildman–Crippen LogP) is 2.94. The number of carbonyl (C=O) groups is 1. The number of carbonyl (C=O) groups excluding carboxylic acids is 1. The van der Waals surface area contributed by atoms with Crippen LogP contribution in [-0.2, 0) is 23.8 Å². The molecule has 0 radical (unpaired) electrons. The first kappa shape index (κ1) is 19.5. The van der Waals surface area contributed by atoms with Gasteiger partial charge in [0.2, 0.25) is 11.1 Å². The number of thiophene rings is 1. The molecule has 2 heterocycles. The molecule has 0 fully saturated rings. The molecule has 2 aromatic heterocycles. The molecule has 0 aliphatic heterocycles. The average Bonchev–Trinajstić information content (AvgIpc) is 3.14. The van der Waals surface area contributed by atoms with E-state index in [1.165, 1.54) is 11.3 Å². The third-order valence-electron chi connectivity index (χ3n) is 4.01. The Hall–Kier alpha value is -2.26. The lowest BCUT2D eigenvalue weighted by Gasteiger charge is -2.09. The minimum absolute atomic E-state index is 0.0340. The molecule has 0 bridgehead atoms. The highest BCUT2D eigenvalue weighted by atomic mass is 32.2. The Bertz CT molecular complexity index is 899. The van der Waals surface area contributed by atoms with Crippen molar-refractivity contribution in [2.75, 3.05) is 16.9 Å². The quantitative estimate of drug-likeness (QED) is 0.573. The maximum Gasteiger partial charge on any atom is 0.453 e. The van der Waals surface area contributed by atoms with Gasteiger partial charge in [-0.25, -0.2) is 4.68 Å². The molecule has 12 heteroatoms. The predicted molar refractivity (Wildman–Crippen MR) is 94.8 cm³/mol. The summed E-state index contributed by atoms with van der Waals surface area (Å²) in [5, 5.41) is 18.9. The fourth-order valence-corrected chi connectivity index (χ4v) is 4.82. The molecule has 0 aromatic carbocycles. The molecule has 144 valence electrons. The van der Waals surface area contributed by atoms with Crippen LogP contribution in [0.1, 0.15) is 41.1 Å². The Labute approximate surface area is 160 Å². The summed E-state index contributed by atoms with van der Waals surface area (Å²) < 4.78 is 38.2. The number of nitriles is 1. The summed E-state index contributed by atoms with van der Waals surface area (Å²) in [4.78, 5) is 13.3. The molecule has 0 saturated carbocycles. The van der Waals surface area contributed by atoms with Crippen LogP contribution in [0.5, 0.6) is 0 Å². The molecule has 1 amide bonds. The number of halogens is 3. The van der Waals surface area contributed by atoms with Crippen molar-refractivity contribution in [2.45, 2.75) is 43.4 Å². The highest BCUT2D eigenvalue weighted by Gasteiger charge is 2.38. The highest BCUT2D eigenvalue weighted by Crippen LogP contribution is 2.37. The molecule has 1 aliphatic rings. The number of aryl methyl sites for hydroxylation is 1. The number of hydrogen-bond acceptors (Lipinski definition) is 7. The SMILES string of the molecule is N#Cc1c(NC(=O)CCSc2nnc(C(F)(F)F)n2N)sc2c1CCCC2. The maximum absolute atomic E-state index is 12.6.